The summed E-state index contributed by atoms with van der Waals surface area (Å²) in [5.74, 6) is 1.87. The standard InChI is InChI=1S/C11H14O/c1-9-7-11(8-9)12-10-5-3-2-4-6-10/h2-6,9,11H,7-8H2,1H3/t9-,11-. The molecule has 12 heavy (non-hydrogen) atoms. The zero-order valence-corrected chi connectivity index (χ0v) is 7.36. The lowest BCUT2D eigenvalue weighted by Crippen LogP contribution is -2.31. The van der Waals surface area contributed by atoms with E-state index in [0.717, 1.165) is 11.7 Å². The highest BCUT2D eigenvalue weighted by Gasteiger charge is 2.26. The summed E-state index contributed by atoms with van der Waals surface area (Å²) < 4.78 is 5.72. The van der Waals surface area contributed by atoms with Crippen molar-refractivity contribution in [2.24, 2.45) is 5.92 Å². The van der Waals surface area contributed by atoms with E-state index in [2.05, 4.69) is 6.92 Å². The number of benzene rings is 1. The summed E-state index contributed by atoms with van der Waals surface area (Å²) in [6.45, 7) is 2.27. The molecular formula is C11H14O. The van der Waals surface area contributed by atoms with Crippen LogP contribution < -0.4 is 4.74 Å². The van der Waals surface area contributed by atoms with Crippen LogP contribution in [0.3, 0.4) is 0 Å². The smallest absolute Gasteiger partial charge is 0.119 e. The second-order valence-corrected chi connectivity index (χ2v) is 3.63. The van der Waals surface area contributed by atoms with Crippen LogP contribution in [-0.2, 0) is 0 Å². The fourth-order valence-corrected chi connectivity index (χ4v) is 1.62. The van der Waals surface area contributed by atoms with E-state index in [1.807, 2.05) is 30.3 Å². The minimum absolute atomic E-state index is 0.474. The fraction of sp³-hybridized carbons (Fsp3) is 0.455. The highest BCUT2D eigenvalue weighted by atomic mass is 16.5. The predicted octanol–water partition coefficient (Wildman–Crippen LogP) is 2.86. The Morgan fingerprint density at radius 2 is 1.83 bits per heavy atom. The number of hydrogen-bond donors (Lipinski definition) is 0. The number of para-hydroxylation sites is 1. The van der Waals surface area contributed by atoms with Crippen LogP contribution in [-0.4, -0.2) is 6.10 Å². The third-order valence-electron chi connectivity index (χ3n) is 2.38. The average Bonchev–Trinajstić information content (AvgIpc) is 2.04. The van der Waals surface area contributed by atoms with Crippen molar-refractivity contribution >= 4 is 0 Å². The molecule has 2 rings (SSSR count). The van der Waals surface area contributed by atoms with Gasteiger partial charge in [0, 0.05) is 0 Å². The van der Waals surface area contributed by atoms with Gasteiger partial charge in [0.05, 0.1) is 6.10 Å². The van der Waals surface area contributed by atoms with Crippen LogP contribution in [0.5, 0.6) is 5.75 Å². The first-order valence-corrected chi connectivity index (χ1v) is 4.56. The first-order chi connectivity index (χ1) is 5.84. The predicted molar refractivity (Wildman–Crippen MR) is 49.3 cm³/mol. The fourth-order valence-electron chi connectivity index (χ4n) is 1.62. The van der Waals surface area contributed by atoms with Gasteiger partial charge in [-0.05, 0) is 30.9 Å². The van der Waals surface area contributed by atoms with Crippen molar-refractivity contribution in [2.45, 2.75) is 25.9 Å². The quantitative estimate of drug-likeness (QED) is 0.649. The molecule has 1 aromatic carbocycles. The Labute approximate surface area is 73.4 Å². The van der Waals surface area contributed by atoms with Gasteiger partial charge in [-0.2, -0.15) is 0 Å². The molecule has 0 atom stereocenters. The second kappa shape index (κ2) is 3.18. The molecule has 1 fully saturated rings. The van der Waals surface area contributed by atoms with E-state index < -0.39 is 0 Å². The van der Waals surface area contributed by atoms with Crippen LogP contribution in [0.2, 0.25) is 0 Å². The van der Waals surface area contributed by atoms with Crippen LogP contribution in [0.15, 0.2) is 30.3 Å². The molecule has 0 amide bonds. The maximum Gasteiger partial charge on any atom is 0.119 e. The molecule has 1 aromatic rings. The molecule has 0 saturated heterocycles. The van der Waals surface area contributed by atoms with Crippen molar-refractivity contribution < 1.29 is 4.74 Å². The minimum Gasteiger partial charge on any atom is -0.490 e. The Morgan fingerprint density at radius 1 is 1.17 bits per heavy atom. The normalized spacial score (nSPS) is 27.8. The molecule has 0 aromatic heterocycles. The van der Waals surface area contributed by atoms with E-state index in [1.165, 1.54) is 12.8 Å². The summed E-state index contributed by atoms with van der Waals surface area (Å²) in [7, 11) is 0. The molecule has 1 aliphatic carbocycles. The summed E-state index contributed by atoms with van der Waals surface area (Å²) in [5.41, 5.74) is 0. The highest BCUT2D eigenvalue weighted by Crippen LogP contribution is 2.30. The van der Waals surface area contributed by atoms with Gasteiger partial charge in [-0.3, -0.25) is 0 Å². The van der Waals surface area contributed by atoms with Crippen LogP contribution in [0.4, 0.5) is 0 Å². The Hall–Kier alpha value is -0.980. The first kappa shape index (κ1) is 7.66. The molecule has 1 nitrogen and oxygen atoms in total. The molecule has 0 unspecified atom stereocenters. The lowest BCUT2D eigenvalue weighted by atomic mass is 9.84. The van der Waals surface area contributed by atoms with E-state index in [1.54, 1.807) is 0 Å². The average molecular weight is 162 g/mol. The van der Waals surface area contributed by atoms with Gasteiger partial charge in [-0.25, -0.2) is 0 Å². The summed E-state index contributed by atoms with van der Waals surface area (Å²) in [6.07, 6.45) is 2.91. The van der Waals surface area contributed by atoms with E-state index in [4.69, 9.17) is 4.74 Å². The molecule has 64 valence electrons. The van der Waals surface area contributed by atoms with Gasteiger partial charge in [0.25, 0.3) is 0 Å². The van der Waals surface area contributed by atoms with Crippen LogP contribution in [0, 0.1) is 5.92 Å². The van der Waals surface area contributed by atoms with Gasteiger partial charge in [-0.1, -0.05) is 25.1 Å². The molecule has 0 aliphatic heterocycles. The first-order valence-electron chi connectivity index (χ1n) is 4.56. The molecule has 1 heteroatoms. The maximum atomic E-state index is 5.72. The van der Waals surface area contributed by atoms with Gasteiger partial charge < -0.3 is 4.74 Å². The third-order valence-corrected chi connectivity index (χ3v) is 2.38. The Morgan fingerprint density at radius 3 is 2.42 bits per heavy atom. The van der Waals surface area contributed by atoms with Crippen molar-refractivity contribution in [1.82, 2.24) is 0 Å². The lowest BCUT2D eigenvalue weighted by Gasteiger charge is -2.32. The molecule has 0 spiro atoms. The van der Waals surface area contributed by atoms with Gasteiger partial charge in [0.15, 0.2) is 0 Å². The second-order valence-electron chi connectivity index (χ2n) is 3.63. The molecular weight excluding hydrogens is 148 g/mol. The lowest BCUT2D eigenvalue weighted by molar-refractivity contribution is 0.0739. The van der Waals surface area contributed by atoms with Gasteiger partial charge in [-0.15, -0.1) is 0 Å². The van der Waals surface area contributed by atoms with Gasteiger partial charge in [0.1, 0.15) is 5.75 Å². The molecule has 1 aliphatic rings. The zero-order valence-electron chi connectivity index (χ0n) is 7.36. The monoisotopic (exact) mass is 162 g/mol. The molecule has 0 radical (unpaired) electrons. The molecule has 0 heterocycles. The van der Waals surface area contributed by atoms with Gasteiger partial charge >= 0.3 is 0 Å². The number of rotatable bonds is 2. The van der Waals surface area contributed by atoms with Crippen LogP contribution >= 0.6 is 0 Å². The molecule has 0 bridgehead atoms. The Balaban J connectivity index is 1.88. The zero-order chi connectivity index (χ0) is 8.39. The number of ether oxygens (including phenoxy) is 1. The maximum absolute atomic E-state index is 5.72. The number of hydrogen-bond acceptors (Lipinski definition) is 1. The Bertz CT molecular complexity index is 236. The van der Waals surface area contributed by atoms with Crippen molar-refractivity contribution in [3.63, 3.8) is 0 Å². The minimum atomic E-state index is 0.474. The van der Waals surface area contributed by atoms with E-state index in [-0.39, 0.29) is 0 Å². The van der Waals surface area contributed by atoms with Crippen molar-refractivity contribution in [3.8, 4) is 5.75 Å². The van der Waals surface area contributed by atoms with Crippen molar-refractivity contribution in [2.75, 3.05) is 0 Å². The topological polar surface area (TPSA) is 9.23 Å². The summed E-state index contributed by atoms with van der Waals surface area (Å²) >= 11 is 0. The van der Waals surface area contributed by atoms with Crippen molar-refractivity contribution in [3.05, 3.63) is 30.3 Å². The Kier molecular flexibility index (Phi) is 2.03. The van der Waals surface area contributed by atoms with E-state index in [9.17, 15) is 0 Å². The third kappa shape index (κ3) is 1.60. The van der Waals surface area contributed by atoms with E-state index in [0.29, 0.717) is 6.10 Å². The van der Waals surface area contributed by atoms with Crippen LogP contribution in [0.1, 0.15) is 19.8 Å². The summed E-state index contributed by atoms with van der Waals surface area (Å²) in [4.78, 5) is 0. The van der Waals surface area contributed by atoms with E-state index >= 15 is 0 Å². The molecule has 0 N–H and O–H groups in total. The van der Waals surface area contributed by atoms with Crippen molar-refractivity contribution in [1.29, 1.82) is 0 Å². The van der Waals surface area contributed by atoms with Crippen LogP contribution in [0.25, 0.3) is 0 Å². The summed E-state index contributed by atoms with van der Waals surface area (Å²) in [6, 6.07) is 10.1. The summed E-state index contributed by atoms with van der Waals surface area (Å²) in [5, 5.41) is 0. The van der Waals surface area contributed by atoms with Gasteiger partial charge in [0.2, 0.25) is 0 Å². The SMILES string of the molecule is C[C@H]1C[C@H](Oc2ccccc2)C1. The highest BCUT2D eigenvalue weighted by molar-refractivity contribution is 5.21. The largest absolute Gasteiger partial charge is 0.490 e. The molecule has 1 saturated carbocycles.